The van der Waals surface area contributed by atoms with E-state index in [9.17, 15) is 4.79 Å². The summed E-state index contributed by atoms with van der Waals surface area (Å²) in [5, 5.41) is 20.9. The highest BCUT2D eigenvalue weighted by Gasteiger charge is 2.08. The van der Waals surface area contributed by atoms with E-state index in [1.807, 2.05) is 19.9 Å². The Morgan fingerprint density at radius 1 is 1.30 bits per heavy atom. The van der Waals surface area contributed by atoms with Gasteiger partial charge in [0.05, 0.1) is 11.6 Å². The van der Waals surface area contributed by atoms with Gasteiger partial charge in [0.15, 0.2) is 5.82 Å². The number of rotatable bonds is 3. The monoisotopic (exact) mass is 269 g/mol. The highest BCUT2D eigenvalue weighted by Crippen LogP contribution is 2.15. The lowest BCUT2D eigenvalue weighted by Gasteiger charge is -2.05. The third-order valence-electron chi connectivity index (χ3n) is 2.73. The number of amides is 2. The summed E-state index contributed by atoms with van der Waals surface area (Å²) in [7, 11) is 0. The minimum atomic E-state index is -0.378. The van der Waals surface area contributed by atoms with E-state index in [1.54, 1.807) is 30.3 Å². The molecule has 2 amide bonds. The molecule has 0 aliphatic carbocycles. The highest BCUT2D eigenvalue weighted by atomic mass is 16.2. The maximum absolute atomic E-state index is 11.8. The van der Waals surface area contributed by atoms with Crippen molar-refractivity contribution in [2.24, 2.45) is 0 Å². The Morgan fingerprint density at radius 3 is 2.55 bits per heavy atom. The molecule has 1 heterocycles. The molecule has 0 unspecified atom stereocenters. The van der Waals surface area contributed by atoms with Crippen LogP contribution in [0.25, 0.3) is 0 Å². The van der Waals surface area contributed by atoms with Crippen LogP contribution in [0, 0.1) is 11.3 Å². The molecular formula is C14H15N5O. The first-order chi connectivity index (χ1) is 9.58. The number of urea groups is 1. The topological polar surface area (TPSA) is 93.6 Å². The predicted molar refractivity (Wildman–Crippen MR) is 76.5 cm³/mol. The molecule has 6 nitrogen and oxygen atoms in total. The fraction of sp³-hybridized carbons (Fsp3) is 0.214. The molecule has 0 saturated heterocycles. The van der Waals surface area contributed by atoms with E-state index in [1.165, 1.54) is 0 Å². The van der Waals surface area contributed by atoms with E-state index < -0.39 is 0 Å². The first kappa shape index (κ1) is 13.6. The molecule has 0 bridgehead atoms. The molecule has 1 aromatic carbocycles. The molecule has 0 radical (unpaired) electrons. The minimum absolute atomic E-state index is 0.319. The number of benzene rings is 1. The van der Waals surface area contributed by atoms with Gasteiger partial charge in [-0.15, -0.1) is 0 Å². The Balaban J connectivity index is 1.96. The van der Waals surface area contributed by atoms with Crippen LogP contribution in [0.4, 0.5) is 16.3 Å². The number of anilines is 2. The number of hydrogen-bond acceptors (Lipinski definition) is 3. The Kier molecular flexibility index (Phi) is 4.01. The third-order valence-corrected chi connectivity index (χ3v) is 2.73. The van der Waals surface area contributed by atoms with Crippen LogP contribution in [0.2, 0.25) is 0 Å². The molecule has 0 fully saturated rings. The van der Waals surface area contributed by atoms with Gasteiger partial charge in [-0.3, -0.25) is 10.4 Å². The second-order valence-electron chi connectivity index (χ2n) is 4.63. The largest absolute Gasteiger partial charge is 0.324 e. The van der Waals surface area contributed by atoms with Crippen molar-refractivity contribution in [2.75, 3.05) is 10.6 Å². The van der Waals surface area contributed by atoms with Crippen LogP contribution in [0.3, 0.4) is 0 Å². The van der Waals surface area contributed by atoms with Crippen molar-refractivity contribution in [1.82, 2.24) is 10.2 Å². The van der Waals surface area contributed by atoms with E-state index in [0.717, 1.165) is 5.69 Å². The maximum Gasteiger partial charge on any atom is 0.324 e. The number of nitrogens with one attached hydrogen (secondary N) is 3. The van der Waals surface area contributed by atoms with Gasteiger partial charge in [0.1, 0.15) is 0 Å². The Morgan fingerprint density at radius 2 is 2.00 bits per heavy atom. The fourth-order valence-electron chi connectivity index (χ4n) is 1.60. The molecule has 6 heteroatoms. The van der Waals surface area contributed by atoms with Crippen LogP contribution >= 0.6 is 0 Å². The maximum atomic E-state index is 11.8. The molecule has 0 spiro atoms. The summed E-state index contributed by atoms with van der Waals surface area (Å²) in [5.41, 5.74) is 2.12. The lowest BCUT2D eigenvalue weighted by Crippen LogP contribution is -2.19. The summed E-state index contributed by atoms with van der Waals surface area (Å²) in [6.07, 6.45) is 0. The van der Waals surface area contributed by atoms with Gasteiger partial charge in [-0.2, -0.15) is 10.4 Å². The highest BCUT2D eigenvalue weighted by molar-refractivity contribution is 5.99. The molecule has 102 valence electrons. The second-order valence-corrected chi connectivity index (χ2v) is 4.63. The average Bonchev–Trinajstić information content (AvgIpc) is 2.88. The van der Waals surface area contributed by atoms with Crippen LogP contribution in [0.1, 0.15) is 31.0 Å². The summed E-state index contributed by atoms with van der Waals surface area (Å²) in [6, 6.07) is 10.1. The smallest absolute Gasteiger partial charge is 0.308 e. The third kappa shape index (κ3) is 3.36. The van der Waals surface area contributed by atoms with Gasteiger partial charge in [-0.25, -0.2) is 4.79 Å². The molecule has 3 N–H and O–H groups in total. The first-order valence-corrected chi connectivity index (χ1v) is 6.22. The van der Waals surface area contributed by atoms with Gasteiger partial charge in [0.2, 0.25) is 0 Å². The number of nitriles is 1. The van der Waals surface area contributed by atoms with Crippen molar-refractivity contribution in [3.63, 3.8) is 0 Å². The van der Waals surface area contributed by atoms with Gasteiger partial charge >= 0.3 is 6.03 Å². The summed E-state index contributed by atoms with van der Waals surface area (Å²) in [4.78, 5) is 11.8. The van der Waals surface area contributed by atoms with Crippen LogP contribution in [0.5, 0.6) is 0 Å². The Labute approximate surface area is 116 Å². The van der Waals surface area contributed by atoms with Crippen LogP contribution in [-0.4, -0.2) is 16.2 Å². The molecular weight excluding hydrogens is 254 g/mol. The van der Waals surface area contributed by atoms with Gasteiger partial charge in [-0.05, 0) is 30.2 Å². The van der Waals surface area contributed by atoms with E-state index in [4.69, 9.17) is 5.26 Å². The number of carbonyl (C=O) groups excluding carboxylic acids is 1. The number of aromatic nitrogens is 2. The summed E-state index contributed by atoms with van der Waals surface area (Å²) in [5.74, 6) is 0.791. The molecule has 20 heavy (non-hydrogen) atoms. The van der Waals surface area contributed by atoms with Crippen molar-refractivity contribution < 1.29 is 4.79 Å². The zero-order valence-electron chi connectivity index (χ0n) is 11.3. The molecule has 0 atom stereocenters. The number of hydrogen-bond donors (Lipinski definition) is 3. The SMILES string of the molecule is CC(C)c1cc(NC(=O)Nc2ccc(C#N)cc2)n[nH]1. The molecule has 0 saturated carbocycles. The summed E-state index contributed by atoms with van der Waals surface area (Å²) >= 11 is 0. The van der Waals surface area contributed by atoms with Crippen LogP contribution in [0.15, 0.2) is 30.3 Å². The van der Waals surface area contributed by atoms with Crippen molar-refractivity contribution in [3.8, 4) is 6.07 Å². The quantitative estimate of drug-likeness (QED) is 0.799. The Hall–Kier alpha value is -2.81. The van der Waals surface area contributed by atoms with Gasteiger partial charge in [0.25, 0.3) is 0 Å². The van der Waals surface area contributed by atoms with Crippen LogP contribution < -0.4 is 10.6 Å². The van der Waals surface area contributed by atoms with Crippen molar-refractivity contribution >= 4 is 17.5 Å². The lowest BCUT2D eigenvalue weighted by atomic mass is 10.1. The number of aromatic amines is 1. The van der Waals surface area contributed by atoms with Gasteiger partial charge < -0.3 is 5.32 Å². The molecule has 0 aliphatic rings. The van der Waals surface area contributed by atoms with E-state index in [-0.39, 0.29) is 6.03 Å². The average molecular weight is 269 g/mol. The van der Waals surface area contributed by atoms with E-state index in [0.29, 0.717) is 23.0 Å². The number of carbonyl (C=O) groups is 1. The predicted octanol–water partition coefficient (Wildman–Crippen LogP) is 3.05. The van der Waals surface area contributed by atoms with Crippen molar-refractivity contribution in [2.45, 2.75) is 19.8 Å². The van der Waals surface area contributed by atoms with E-state index in [2.05, 4.69) is 20.8 Å². The normalized spacial score (nSPS) is 10.1. The fourth-order valence-corrected chi connectivity index (χ4v) is 1.60. The number of nitrogens with zero attached hydrogens (tertiary/aromatic N) is 2. The summed E-state index contributed by atoms with van der Waals surface area (Å²) in [6.45, 7) is 4.07. The summed E-state index contributed by atoms with van der Waals surface area (Å²) < 4.78 is 0. The van der Waals surface area contributed by atoms with Gasteiger partial charge in [-0.1, -0.05) is 13.8 Å². The lowest BCUT2D eigenvalue weighted by molar-refractivity contribution is 0.262. The Bertz CT molecular complexity index is 636. The van der Waals surface area contributed by atoms with Crippen LogP contribution in [-0.2, 0) is 0 Å². The molecule has 0 aliphatic heterocycles. The zero-order chi connectivity index (χ0) is 14.5. The van der Waals surface area contributed by atoms with E-state index >= 15 is 0 Å². The first-order valence-electron chi connectivity index (χ1n) is 6.22. The zero-order valence-corrected chi connectivity index (χ0v) is 11.3. The van der Waals surface area contributed by atoms with Crippen molar-refractivity contribution in [1.29, 1.82) is 5.26 Å². The number of H-pyrrole nitrogens is 1. The van der Waals surface area contributed by atoms with Gasteiger partial charge in [0, 0.05) is 17.4 Å². The molecule has 1 aromatic heterocycles. The minimum Gasteiger partial charge on any atom is -0.308 e. The molecule has 2 rings (SSSR count). The standard InChI is InChI=1S/C14H15N5O/c1-9(2)12-7-13(19-18-12)17-14(20)16-11-5-3-10(8-15)4-6-11/h3-7,9H,1-2H3,(H3,16,17,18,19,20). The second kappa shape index (κ2) is 5.89. The molecule has 2 aromatic rings. The van der Waals surface area contributed by atoms with Crippen molar-refractivity contribution in [3.05, 3.63) is 41.6 Å².